The van der Waals surface area contributed by atoms with Gasteiger partial charge in [0.1, 0.15) is 12.1 Å². The molecule has 2 atom stereocenters. The highest BCUT2D eigenvalue weighted by atomic mass is 32.2. The molecule has 0 aliphatic heterocycles. The van der Waals surface area contributed by atoms with E-state index in [4.69, 9.17) is 0 Å². The molecule has 0 radical (unpaired) electrons. The first-order chi connectivity index (χ1) is 15.4. The maximum Gasteiger partial charge on any atom is 0.263 e. The molecule has 5 rings (SSSR count). The predicted octanol–water partition coefficient (Wildman–Crippen LogP) is 4.44. The van der Waals surface area contributed by atoms with E-state index in [1.165, 1.54) is 36.6 Å². The van der Waals surface area contributed by atoms with Gasteiger partial charge in [-0.25, -0.2) is 12.8 Å². The molecule has 1 fully saturated rings. The van der Waals surface area contributed by atoms with Crippen molar-refractivity contribution in [2.45, 2.75) is 36.1 Å². The van der Waals surface area contributed by atoms with Crippen molar-refractivity contribution in [1.29, 1.82) is 0 Å². The number of halogens is 1. The zero-order chi connectivity index (χ0) is 22.3. The zero-order valence-electron chi connectivity index (χ0n) is 16.9. The number of fused-ring (bicyclic) bond motifs is 1. The van der Waals surface area contributed by atoms with E-state index in [2.05, 4.69) is 14.4 Å². The third-order valence-corrected chi connectivity index (χ3v) is 7.33. The maximum atomic E-state index is 13.6. The summed E-state index contributed by atoms with van der Waals surface area (Å²) >= 11 is 0. The van der Waals surface area contributed by atoms with E-state index in [1.807, 2.05) is 6.07 Å². The van der Waals surface area contributed by atoms with Crippen molar-refractivity contribution < 1.29 is 17.3 Å². The second-order valence-electron chi connectivity index (χ2n) is 7.97. The topological polar surface area (TPSA) is 94.2 Å². The third kappa shape index (κ3) is 3.80. The third-order valence-electron chi connectivity index (χ3n) is 5.98. The van der Waals surface area contributed by atoms with Crippen molar-refractivity contribution in [3.63, 3.8) is 0 Å². The van der Waals surface area contributed by atoms with Crippen LogP contribution in [0.1, 0.15) is 36.8 Å². The highest BCUT2D eigenvalue weighted by molar-refractivity contribution is 7.92. The molecule has 0 bridgehead atoms. The van der Waals surface area contributed by atoms with Gasteiger partial charge < -0.3 is 9.09 Å². The molecule has 1 aliphatic carbocycles. The number of nitrogens with one attached hydrogen (secondary N) is 1. The number of sulfonamides is 1. The number of anilines is 1. The summed E-state index contributed by atoms with van der Waals surface area (Å²) in [7, 11) is -3.86. The number of hydrogen-bond donors (Lipinski definition) is 1. The molecule has 32 heavy (non-hydrogen) atoms. The van der Waals surface area contributed by atoms with E-state index in [9.17, 15) is 17.6 Å². The fourth-order valence-corrected chi connectivity index (χ4v) is 5.53. The largest absolute Gasteiger partial charge is 0.363 e. The van der Waals surface area contributed by atoms with Gasteiger partial charge in [-0.1, -0.05) is 17.3 Å². The second-order valence-corrected chi connectivity index (χ2v) is 9.65. The summed E-state index contributed by atoms with van der Waals surface area (Å²) in [6.45, 7) is 0. The Hall–Kier alpha value is -3.46. The molecule has 1 N–H and O–H groups in total. The molecule has 1 saturated carbocycles. The molecule has 2 aromatic carbocycles. The highest BCUT2D eigenvalue weighted by Gasteiger charge is 2.29. The molecule has 0 spiro atoms. The van der Waals surface area contributed by atoms with E-state index in [0.29, 0.717) is 10.9 Å². The lowest BCUT2D eigenvalue weighted by molar-refractivity contribution is 0.423. The predicted molar refractivity (Wildman–Crippen MR) is 118 cm³/mol. The van der Waals surface area contributed by atoms with Gasteiger partial charge in [0.2, 0.25) is 0 Å². The van der Waals surface area contributed by atoms with Gasteiger partial charge >= 0.3 is 0 Å². The van der Waals surface area contributed by atoms with Crippen LogP contribution in [0.5, 0.6) is 0 Å². The van der Waals surface area contributed by atoms with Crippen molar-refractivity contribution in [3.8, 4) is 0 Å². The van der Waals surface area contributed by atoms with Crippen molar-refractivity contribution in [2.75, 3.05) is 4.72 Å². The molecule has 7 nitrogen and oxygen atoms in total. The van der Waals surface area contributed by atoms with Crippen LogP contribution in [-0.4, -0.2) is 18.1 Å². The molecule has 0 unspecified atom stereocenters. The fourth-order valence-electron chi connectivity index (χ4n) is 4.51. The Morgan fingerprint density at radius 2 is 1.94 bits per heavy atom. The Labute approximate surface area is 183 Å². The smallest absolute Gasteiger partial charge is 0.263 e. The van der Waals surface area contributed by atoms with Gasteiger partial charge in [0.15, 0.2) is 5.82 Å². The Kier molecular flexibility index (Phi) is 5.05. The number of nitrogens with zero attached hydrogens (tertiary/aromatic N) is 2. The standard InChI is InChI=1S/C23H20FN3O4S/c24-18-3-1-2-15(12-18)16-4-6-19(13-16)27-21-8-7-20(14-17(21)5-9-23(27)28)32(29,30)26-22-10-11-31-25-22/h1-3,5,7-12,14,16,19H,4,6,13H2,(H,25,26)/t16-,19-/m0/s1. The molecule has 0 amide bonds. The maximum absolute atomic E-state index is 13.6. The first-order valence-corrected chi connectivity index (χ1v) is 11.7. The van der Waals surface area contributed by atoms with Crippen LogP contribution in [0.4, 0.5) is 10.2 Å². The van der Waals surface area contributed by atoms with E-state index in [1.54, 1.807) is 28.8 Å². The molecule has 2 aromatic heterocycles. The van der Waals surface area contributed by atoms with Crippen LogP contribution in [0, 0.1) is 5.82 Å². The lowest BCUT2D eigenvalue weighted by Gasteiger charge is -2.18. The summed E-state index contributed by atoms with van der Waals surface area (Å²) in [5.74, 6) is -0.00479. The van der Waals surface area contributed by atoms with Crippen LogP contribution >= 0.6 is 0 Å². The van der Waals surface area contributed by atoms with Crippen molar-refractivity contribution in [3.05, 3.63) is 88.7 Å². The zero-order valence-corrected chi connectivity index (χ0v) is 17.8. The normalized spacial score (nSPS) is 18.8. The Bertz CT molecular complexity index is 1450. The SMILES string of the molecule is O=c1ccc2cc(S(=O)(=O)Nc3ccon3)ccc2n1[C@H]1CC[C@H](c2cccc(F)c2)C1. The minimum atomic E-state index is -3.86. The van der Waals surface area contributed by atoms with Crippen molar-refractivity contribution >= 4 is 26.7 Å². The van der Waals surface area contributed by atoms with Crippen LogP contribution < -0.4 is 10.3 Å². The Balaban J connectivity index is 1.48. The molecule has 9 heteroatoms. The quantitative estimate of drug-likeness (QED) is 0.482. The highest BCUT2D eigenvalue weighted by Crippen LogP contribution is 2.41. The number of aromatic nitrogens is 2. The van der Waals surface area contributed by atoms with Crippen molar-refractivity contribution in [2.24, 2.45) is 0 Å². The minimum absolute atomic E-state index is 0.0461. The van der Waals surface area contributed by atoms with E-state index < -0.39 is 10.0 Å². The number of hydrogen-bond acceptors (Lipinski definition) is 5. The van der Waals surface area contributed by atoms with Gasteiger partial charge in [0, 0.05) is 18.2 Å². The van der Waals surface area contributed by atoms with Crippen LogP contribution in [0.15, 0.2) is 81.1 Å². The van der Waals surface area contributed by atoms with E-state index >= 15 is 0 Å². The molecule has 164 valence electrons. The summed E-state index contributed by atoms with van der Waals surface area (Å²) in [4.78, 5) is 12.8. The van der Waals surface area contributed by atoms with Gasteiger partial charge in [-0.05, 0) is 72.5 Å². The number of pyridine rings is 1. The lowest BCUT2D eigenvalue weighted by Crippen LogP contribution is -2.23. The summed E-state index contributed by atoms with van der Waals surface area (Å²) in [5.41, 5.74) is 1.47. The van der Waals surface area contributed by atoms with Crippen molar-refractivity contribution in [1.82, 2.24) is 9.72 Å². The first-order valence-electron chi connectivity index (χ1n) is 10.2. The summed E-state index contributed by atoms with van der Waals surface area (Å²) in [6, 6.07) is 15.7. The Morgan fingerprint density at radius 1 is 1.06 bits per heavy atom. The summed E-state index contributed by atoms with van der Waals surface area (Å²) in [6.07, 6.45) is 3.63. The molecular formula is C23H20FN3O4S. The molecule has 4 aromatic rings. The van der Waals surface area contributed by atoms with Crippen LogP contribution in [0.2, 0.25) is 0 Å². The molecule has 2 heterocycles. The van der Waals surface area contributed by atoms with Crippen LogP contribution in [0.25, 0.3) is 10.9 Å². The monoisotopic (exact) mass is 453 g/mol. The van der Waals surface area contributed by atoms with Gasteiger partial charge in [-0.3, -0.25) is 9.52 Å². The lowest BCUT2D eigenvalue weighted by atomic mass is 9.97. The van der Waals surface area contributed by atoms with E-state index in [-0.39, 0.29) is 34.0 Å². The van der Waals surface area contributed by atoms with Gasteiger partial charge in [0.05, 0.1) is 10.4 Å². The fraction of sp³-hybridized carbons (Fsp3) is 0.217. The summed E-state index contributed by atoms with van der Waals surface area (Å²) < 4.78 is 47.8. The average molecular weight is 453 g/mol. The molecule has 0 saturated heterocycles. The number of benzene rings is 2. The first kappa shape index (κ1) is 20.4. The molecule has 1 aliphatic rings. The second kappa shape index (κ2) is 7.90. The van der Waals surface area contributed by atoms with Crippen LogP contribution in [0.3, 0.4) is 0 Å². The minimum Gasteiger partial charge on any atom is -0.363 e. The van der Waals surface area contributed by atoms with Gasteiger partial charge in [-0.2, -0.15) is 0 Å². The summed E-state index contributed by atoms with van der Waals surface area (Å²) in [5, 5.41) is 4.21. The Morgan fingerprint density at radius 3 is 2.72 bits per heavy atom. The number of rotatable bonds is 5. The van der Waals surface area contributed by atoms with Gasteiger partial charge in [0.25, 0.3) is 15.6 Å². The van der Waals surface area contributed by atoms with Gasteiger partial charge in [-0.15, -0.1) is 0 Å². The van der Waals surface area contributed by atoms with E-state index in [0.717, 1.165) is 24.8 Å². The van der Waals surface area contributed by atoms with Crippen LogP contribution in [-0.2, 0) is 10.0 Å². The molecular weight excluding hydrogens is 433 g/mol. The average Bonchev–Trinajstić information content (AvgIpc) is 3.45.